The Morgan fingerprint density at radius 2 is 2.33 bits per heavy atom. The predicted octanol–water partition coefficient (Wildman–Crippen LogP) is 3.41. The van der Waals surface area contributed by atoms with E-state index in [1.165, 1.54) is 12.8 Å². The van der Waals surface area contributed by atoms with Gasteiger partial charge in [0.15, 0.2) is 0 Å². The lowest BCUT2D eigenvalue weighted by molar-refractivity contribution is 0.0746. The third-order valence-electron chi connectivity index (χ3n) is 3.36. The van der Waals surface area contributed by atoms with Gasteiger partial charge in [-0.1, -0.05) is 0 Å². The molecule has 0 aliphatic heterocycles. The molecule has 0 radical (unpaired) electrons. The largest absolute Gasteiger partial charge is 0.339 e. The molecule has 3 nitrogen and oxygen atoms in total. The Kier molecular flexibility index (Phi) is 4.43. The van der Waals surface area contributed by atoms with Crippen molar-refractivity contribution in [2.75, 3.05) is 19.1 Å². The van der Waals surface area contributed by atoms with Crippen LogP contribution in [0.4, 0.5) is 0 Å². The molecule has 1 saturated carbocycles. The lowest BCUT2D eigenvalue weighted by Gasteiger charge is -2.24. The van der Waals surface area contributed by atoms with Crippen LogP contribution in [-0.4, -0.2) is 40.5 Å². The number of carbonyl (C=O) groups is 1. The summed E-state index contributed by atoms with van der Waals surface area (Å²) in [6, 6.07) is 2.72. The topological polar surface area (TPSA) is 25.2 Å². The van der Waals surface area contributed by atoms with Crippen molar-refractivity contribution >= 4 is 33.6 Å². The molecule has 1 atom stereocenters. The minimum absolute atomic E-state index is 0.120. The molecule has 1 aliphatic rings. The molecule has 2 rings (SSSR count). The van der Waals surface area contributed by atoms with Crippen LogP contribution in [0.5, 0.6) is 0 Å². The molecule has 18 heavy (non-hydrogen) atoms. The molecular weight excluding hydrogens is 312 g/mol. The molecule has 100 valence electrons. The average Bonchev–Trinajstić information content (AvgIpc) is 3.11. The first kappa shape index (κ1) is 14.0. The fourth-order valence-electron chi connectivity index (χ4n) is 2.01. The molecule has 0 aromatic carbocycles. The van der Waals surface area contributed by atoms with E-state index < -0.39 is 0 Å². The second-order valence-corrected chi connectivity index (χ2v) is 6.73. The number of rotatable bonds is 5. The Bertz CT molecular complexity index is 442. The summed E-state index contributed by atoms with van der Waals surface area (Å²) in [6.07, 6.45) is 6.47. The first-order valence-corrected chi connectivity index (χ1v) is 8.36. The molecule has 0 spiro atoms. The van der Waals surface area contributed by atoms with Crippen molar-refractivity contribution in [2.24, 2.45) is 0 Å². The van der Waals surface area contributed by atoms with E-state index in [2.05, 4.69) is 33.7 Å². The summed E-state index contributed by atoms with van der Waals surface area (Å²) in [5.74, 6) is 1.09. The minimum Gasteiger partial charge on any atom is -0.339 e. The number of amides is 1. The second kappa shape index (κ2) is 5.70. The van der Waals surface area contributed by atoms with Gasteiger partial charge in [0.05, 0.1) is 0 Å². The van der Waals surface area contributed by atoms with E-state index in [0.29, 0.717) is 6.04 Å². The van der Waals surface area contributed by atoms with Gasteiger partial charge < -0.3 is 9.47 Å². The van der Waals surface area contributed by atoms with Crippen LogP contribution in [0.1, 0.15) is 36.3 Å². The number of halogens is 1. The highest BCUT2D eigenvalue weighted by atomic mass is 79.9. The Hall–Kier alpha value is -0.420. The third-order valence-corrected chi connectivity index (χ3v) is 4.61. The second-order valence-electron chi connectivity index (χ2n) is 4.90. The normalized spacial score (nSPS) is 16.7. The number of aromatic nitrogens is 1. The monoisotopic (exact) mass is 330 g/mol. The van der Waals surface area contributed by atoms with Crippen LogP contribution in [-0.2, 0) is 0 Å². The molecule has 1 heterocycles. The highest BCUT2D eigenvalue weighted by Gasteiger charge is 2.29. The summed E-state index contributed by atoms with van der Waals surface area (Å²) in [5, 5.41) is 0. The molecule has 1 amide bonds. The number of carbonyl (C=O) groups excluding carboxylic acids is 1. The summed E-state index contributed by atoms with van der Waals surface area (Å²) in [4.78, 5) is 14.3. The van der Waals surface area contributed by atoms with Crippen LogP contribution in [0.15, 0.2) is 16.7 Å². The molecule has 5 heteroatoms. The summed E-state index contributed by atoms with van der Waals surface area (Å²) in [7, 11) is 1.89. The van der Waals surface area contributed by atoms with Crippen molar-refractivity contribution in [3.05, 3.63) is 22.4 Å². The maximum absolute atomic E-state index is 12.5. The fourth-order valence-corrected chi connectivity index (χ4v) is 3.15. The van der Waals surface area contributed by atoms with Gasteiger partial charge in [0.2, 0.25) is 0 Å². The quantitative estimate of drug-likeness (QED) is 0.826. The number of thioether (sulfide) groups is 1. The molecule has 1 aromatic rings. The zero-order valence-corrected chi connectivity index (χ0v) is 13.4. The van der Waals surface area contributed by atoms with Crippen LogP contribution in [0.3, 0.4) is 0 Å². The van der Waals surface area contributed by atoms with Crippen LogP contribution >= 0.6 is 27.7 Å². The van der Waals surface area contributed by atoms with Crippen LogP contribution in [0.25, 0.3) is 0 Å². The molecule has 0 saturated heterocycles. The van der Waals surface area contributed by atoms with E-state index in [-0.39, 0.29) is 11.9 Å². The summed E-state index contributed by atoms with van der Waals surface area (Å²) < 4.78 is 3.11. The summed E-state index contributed by atoms with van der Waals surface area (Å²) in [5.41, 5.74) is 0.805. The van der Waals surface area contributed by atoms with E-state index in [0.717, 1.165) is 15.9 Å². The SMILES string of the molecule is CSCC(C)N(C)C(=O)c1cc(Br)cn1C1CC1. The molecule has 0 N–H and O–H groups in total. The van der Waals surface area contributed by atoms with Gasteiger partial charge in [-0.05, 0) is 48.0 Å². The van der Waals surface area contributed by atoms with E-state index >= 15 is 0 Å². The van der Waals surface area contributed by atoms with Gasteiger partial charge in [-0.2, -0.15) is 11.8 Å². The maximum Gasteiger partial charge on any atom is 0.270 e. The van der Waals surface area contributed by atoms with Crippen LogP contribution in [0, 0.1) is 0 Å². The number of nitrogens with zero attached hydrogens (tertiary/aromatic N) is 2. The van der Waals surface area contributed by atoms with Crippen LogP contribution in [0.2, 0.25) is 0 Å². The minimum atomic E-state index is 0.120. The van der Waals surface area contributed by atoms with Gasteiger partial charge in [-0.15, -0.1) is 0 Å². The fraction of sp³-hybridized carbons (Fsp3) is 0.615. The van der Waals surface area contributed by atoms with Gasteiger partial charge in [-0.25, -0.2) is 0 Å². The smallest absolute Gasteiger partial charge is 0.270 e. The first-order chi connectivity index (χ1) is 8.54. The van der Waals surface area contributed by atoms with Gasteiger partial charge in [0.1, 0.15) is 5.69 Å². The van der Waals surface area contributed by atoms with Crippen molar-refractivity contribution in [1.82, 2.24) is 9.47 Å². The zero-order chi connectivity index (χ0) is 13.3. The Morgan fingerprint density at radius 1 is 1.67 bits per heavy atom. The van der Waals surface area contributed by atoms with Gasteiger partial charge in [0.25, 0.3) is 5.91 Å². The lowest BCUT2D eigenvalue weighted by Crippen LogP contribution is -2.37. The van der Waals surface area contributed by atoms with Gasteiger partial charge in [-0.3, -0.25) is 4.79 Å². The Labute approximate surface area is 121 Å². The molecule has 1 aromatic heterocycles. The summed E-state index contributed by atoms with van der Waals surface area (Å²) >= 11 is 5.24. The lowest BCUT2D eigenvalue weighted by atomic mass is 10.3. The van der Waals surface area contributed by atoms with E-state index in [4.69, 9.17) is 0 Å². The van der Waals surface area contributed by atoms with E-state index in [1.807, 2.05) is 24.2 Å². The highest BCUT2D eigenvalue weighted by Crippen LogP contribution is 2.37. The molecule has 1 unspecified atom stereocenters. The Morgan fingerprint density at radius 3 is 2.89 bits per heavy atom. The van der Waals surface area contributed by atoms with Crippen molar-refractivity contribution in [3.8, 4) is 0 Å². The average molecular weight is 331 g/mol. The zero-order valence-electron chi connectivity index (χ0n) is 11.0. The molecular formula is C13H19BrN2OS. The third kappa shape index (κ3) is 2.94. The van der Waals surface area contributed by atoms with Crippen molar-refractivity contribution < 1.29 is 4.79 Å². The van der Waals surface area contributed by atoms with E-state index in [1.54, 1.807) is 11.8 Å². The highest BCUT2D eigenvalue weighted by molar-refractivity contribution is 9.10. The molecule has 0 bridgehead atoms. The number of hydrogen-bond acceptors (Lipinski definition) is 2. The predicted molar refractivity (Wildman–Crippen MR) is 80.3 cm³/mol. The number of hydrogen-bond donors (Lipinski definition) is 0. The first-order valence-electron chi connectivity index (χ1n) is 6.18. The summed E-state index contributed by atoms with van der Waals surface area (Å²) in [6.45, 7) is 2.09. The van der Waals surface area contributed by atoms with Gasteiger partial charge in [0, 0.05) is 35.6 Å². The van der Waals surface area contributed by atoms with Crippen molar-refractivity contribution in [3.63, 3.8) is 0 Å². The van der Waals surface area contributed by atoms with E-state index in [9.17, 15) is 4.79 Å². The molecule has 1 aliphatic carbocycles. The van der Waals surface area contributed by atoms with Crippen molar-refractivity contribution in [1.29, 1.82) is 0 Å². The van der Waals surface area contributed by atoms with Crippen LogP contribution < -0.4 is 0 Å². The van der Waals surface area contributed by atoms with Gasteiger partial charge >= 0.3 is 0 Å². The molecule has 1 fully saturated rings. The maximum atomic E-state index is 12.5. The van der Waals surface area contributed by atoms with Crippen molar-refractivity contribution in [2.45, 2.75) is 31.8 Å². The Balaban J connectivity index is 2.17. The standard InChI is InChI=1S/C13H19BrN2OS/c1-9(8-18-3)15(2)13(17)12-6-10(14)7-16(12)11-4-5-11/h6-7,9,11H,4-5,8H2,1-3H3.